The first kappa shape index (κ1) is 17.2. The third-order valence-electron chi connectivity index (χ3n) is 7.15. The van der Waals surface area contributed by atoms with Crippen molar-refractivity contribution < 1.29 is 0 Å². The number of aromatic nitrogens is 2. The molecule has 0 fully saturated rings. The van der Waals surface area contributed by atoms with Crippen LogP contribution in [0.2, 0.25) is 0 Å². The minimum Gasteiger partial charge on any atom is -0.307 e. The zero-order valence-corrected chi connectivity index (χ0v) is 17.8. The largest absolute Gasteiger partial charge is 0.307 e. The number of hydrogen-bond acceptors (Lipinski definition) is 1. The summed E-state index contributed by atoms with van der Waals surface area (Å²) >= 11 is 0. The normalized spacial score (nSPS) is 12.2. The Morgan fingerprint density at radius 1 is 0.485 bits per heavy atom. The lowest BCUT2D eigenvalue weighted by Gasteiger charge is -2.09. The molecule has 0 bridgehead atoms. The molecule has 0 saturated carbocycles. The number of hydrogen-bond donors (Lipinski definition) is 0. The first-order valence-electron chi connectivity index (χ1n) is 11.3. The maximum Gasteiger partial charge on any atom is 0.0714 e. The fourth-order valence-corrected chi connectivity index (χ4v) is 5.72. The molecule has 3 aromatic heterocycles. The highest BCUT2D eigenvalue weighted by Gasteiger charge is 2.19. The molecule has 8 rings (SSSR count). The average Bonchev–Trinajstić information content (AvgIpc) is 3.40. The number of benzene rings is 5. The molecule has 0 N–H and O–H groups in total. The number of rotatable bonds is 1. The highest BCUT2D eigenvalue weighted by molar-refractivity contribution is 6.27. The van der Waals surface area contributed by atoms with Gasteiger partial charge in [-0.3, -0.25) is 4.98 Å². The minimum absolute atomic E-state index is 1.01. The van der Waals surface area contributed by atoms with Gasteiger partial charge < -0.3 is 4.40 Å². The van der Waals surface area contributed by atoms with Crippen molar-refractivity contribution >= 4 is 59.6 Å². The molecule has 8 aromatic rings. The summed E-state index contributed by atoms with van der Waals surface area (Å²) in [5.74, 6) is 0. The fourth-order valence-electron chi connectivity index (χ4n) is 5.72. The van der Waals surface area contributed by atoms with E-state index in [1.54, 1.807) is 0 Å². The molecular weight excluding hydrogens is 400 g/mol. The maximum atomic E-state index is 4.83. The van der Waals surface area contributed by atoms with Crippen LogP contribution in [0.25, 0.3) is 70.9 Å². The third kappa shape index (κ3) is 2.15. The predicted octanol–water partition coefficient (Wildman–Crippen LogP) is 8.21. The van der Waals surface area contributed by atoms with E-state index in [-0.39, 0.29) is 0 Å². The van der Waals surface area contributed by atoms with Crippen molar-refractivity contribution in [1.82, 2.24) is 9.38 Å². The number of fused-ring (bicyclic) bond motifs is 9. The van der Waals surface area contributed by atoms with E-state index in [0.29, 0.717) is 0 Å². The molecule has 0 amide bonds. The van der Waals surface area contributed by atoms with Gasteiger partial charge in [0.1, 0.15) is 0 Å². The summed E-state index contributed by atoms with van der Waals surface area (Å²) in [6.07, 6.45) is 1.98. The summed E-state index contributed by atoms with van der Waals surface area (Å²) in [4.78, 5) is 4.83. The second kappa shape index (κ2) is 6.08. The Bertz CT molecular complexity index is 2030. The molecule has 33 heavy (non-hydrogen) atoms. The number of para-hydroxylation sites is 2. The lowest BCUT2D eigenvalue weighted by atomic mass is 9.98. The van der Waals surface area contributed by atoms with E-state index in [0.717, 1.165) is 5.69 Å². The molecule has 0 aliphatic heterocycles. The Hall–Kier alpha value is -4.43. The van der Waals surface area contributed by atoms with Gasteiger partial charge in [0.15, 0.2) is 0 Å². The van der Waals surface area contributed by atoms with Gasteiger partial charge in [0, 0.05) is 44.1 Å². The lowest BCUT2D eigenvalue weighted by Crippen LogP contribution is -1.88. The molecule has 0 spiro atoms. The van der Waals surface area contributed by atoms with Gasteiger partial charge in [0.25, 0.3) is 0 Å². The summed E-state index contributed by atoms with van der Waals surface area (Å²) in [5, 5.41) is 10.1. The van der Waals surface area contributed by atoms with Crippen molar-refractivity contribution in [2.45, 2.75) is 0 Å². The van der Waals surface area contributed by atoms with Gasteiger partial charge in [-0.05, 0) is 22.9 Å². The standard InChI is InChI=1S/C31H18N2/c1-2-8-20-18-32-28(17-19(20)7-1)22-10-5-11-24-21(22)15-16-27-26-13-6-12-25-23-9-3-4-14-29(23)33(30(24)27)31(25)26/h1-18H. The summed E-state index contributed by atoms with van der Waals surface area (Å²) in [6.45, 7) is 0. The van der Waals surface area contributed by atoms with Crippen LogP contribution >= 0.6 is 0 Å². The molecule has 0 aliphatic rings. The second-order valence-corrected chi connectivity index (χ2v) is 8.83. The fraction of sp³-hybridized carbons (Fsp3) is 0. The van der Waals surface area contributed by atoms with Gasteiger partial charge in [0.2, 0.25) is 0 Å². The number of nitrogens with zero attached hydrogens (tertiary/aromatic N) is 2. The summed E-state index contributed by atoms with van der Waals surface area (Å²) in [5.41, 5.74) is 6.04. The highest BCUT2D eigenvalue weighted by Crippen LogP contribution is 2.42. The Morgan fingerprint density at radius 3 is 1.97 bits per heavy atom. The van der Waals surface area contributed by atoms with Gasteiger partial charge in [-0.2, -0.15) is 0 Å². The van der Waals surface area contributed by atoms with E-state index in [4.69, 9.17) is 4.98 Å². The van der Waals surface area contributed by atoms with E-state index in [1.165, 1.54) is 65.2 Å². The smallest absolute Gasteiger partial charge is 0.0714 e. The quantitative estimate of drug-likeness (QED) is 0.262. The van der Waals surface area contributed by atoms with E-state index in [9.17, 15) is 0 Å². The van der Waals surface area contributed by atoms with Gasteiger partial charge in [-0.1, -0.05) is 91.0 Å². The Labute approximate surface area is 189 Å². The molecule has 0 aliphatic carbocycles. The van der Waals surface area contributed by atoms with Crippen molar-refractivity contribution in [3.8, 4) is 11.3 Å². The third-order valence-corrected chi connectivity index (χ3v) is 7.15. The highest BCUT2D eigenvalue weighted by atomic mass is 14.9. The minimum atomic E-state index is 1.01. The summed E-state index contributed by atoms with van der Waals surface area (Å²) in [7, 11) is 0. The molecule has 0 saturated heterocycles. The zero-order chi connectivity index (χ0) is 21.5. The van der Waals surface area contributed by atoms with Gasteiger partial charge in [-0.25, -0.2) is 0 Å². The maximum absolute atomic E-state index is 4.83. The summed E-state index contributed by atoms with van der Waals surface area (Å²) in [6, 6.07) is 37.2. The van der Waals surface area contributed by atoms with Crippen molar-refractivity contribution in [3.63, 3.8) is 0 Å². The van der Waals surface area contributed by atoms with Crippen molar-refractivity contribution in [3.05, 3.63) is 109 Å². The molecule has 5 aromatic carbocycles. The van der Waals surface area contributed by atoms with Gasteiger partial charge >= 0.3 is 0 Å². The van der Waals surface area contributed by atoms with E-state index in [1.807, 2.05) is 6.20 Å². The van der Waals surface area contributed by atoms with Crippen LogP contribution in [0.5, 0.6) is 0 Å². The lowest BCUT2D eigenvalue weighted by molar-refractivity contribution is 1.36. The molecule has 152 valence electrons. The summed E-state index contributed by atoms with van der Waals surface area (Å²) < 4.78 is 2.47. The van der Waals surface area contributed by atoms with Crippen LogP contribution in [-0.2, 0) is 0 Å². The Balaban J connectivity index is 1.55. The SMILES string of the molecule is c1ccc2cc(-c3cccc4c3ccc3c5cccc6c7ccccc7n(c43)c65)ncc2c1. The van der Waals surface area contributed by atoms with Crippen molar-refractivity contribution in [1.29, 1.82) is 0 Å². The predicted molar refractivity (Wildman–Crippen MR) is 139 cm³/mol. The van der Waals surface area contributed by atoms with E-state index < -0.39 is 0 Å². The number of pyridine rings is 1. The molecule has 0 atom stereocenters. The Kier molecular flexibility index (Phi) is 3.16. The zero-order valence-electron chi connectivity index (χ0n) is 17.8. The van der Waals surface area contributed by atoms with Crippen LogP contribution in [0.3, 0.4) is 0 Å². The second-order valence-electron chi connectivity index (χ2n) is 8.83. The van der Waals surface area contributed by atoms with Crippen molar-refractivity contribution in [2.24, 2.45) is 0 Å². The first-order chi connectivity index (χ1) is 16.4. The average molecular weight is 418 g/mol. The van der Waals surface area contributed by atoms with Crippen LogP contribution in [0.4, 0.5) is 0 Å². The monoisotopic (exact) mass is 418 g/mol. The molecule has 0 unspecified atom stereocenters. The molecule has 2 heteroatoms. The van der Waals surface area contributed by atoms with Gasteiger partial charge in [0.05, 0.1) is 22.2 Å². The van der Waals surface area contributed by atoms with Gasteiger partial charge in [-0.15, -0.1) is 0 Å². The van der Waals surface area contributed by atoms with Crippen molar-refractivity contribution in [2.75, 3.05) is 0 Å². The van der Waals surface area contributed by atoms with Crippen LogP contribution in [0.15, 0.2) is 109 Å². The van der Waals surface area contributed by atoms with E-state index >= 15 is 0 Å². The Morgan fingerprint density at radius 2 is 1.09 bits per heavy atom. The molecular formula is C31H18N2. The molecule has 2 nitrogen and oxygen atoms in total. The van der Waals surface area contributed by atoms with E-state index in [2.05, 4.69) is 108 Å². The van der Waals surface area contributed by atoms with Crippen LogP contribution in [0, 0.1) is 0 Å². The van der Waals surface area contributed by atoms with Crippen LogP contribution < -0.4 is 0 Å². The van der Waals surface area contributed by atoms with Crippen LogP contribution in [-0.4, -0.2) is 9.38 Å². The molecule has 0 radical (unpaired) electrons. The van der Waals surface area contributed by atoms with Crippen LogP contribution in [0.1, 0.15) is 0 Å². The first-order valence-corrected chi connectivity index (χ1v) is 11.3. The molecule has 3 heterocycles. The topological polar surface area (TPSA) is 17.3 Å².